The van der Waals surface area contributed by atoms with Crippen LogP contribution in [0.4, 0.5) is 14.6 Å². The number of carbonyl (C=O) groups is 1. The van der Waals surface area contributed by atoms with Crippen LogP contribution in [0.5, 0.6) is 0 Å². The van der Waals surface area contributed by atoms with Gasteiger partial charge in [0.2, 0.25) is 5.91 Å². The lowest BCUT2D eigenvalue weighted by atomic mass is 9.97. The van der Waals surface area contributed by atoms with Gasteiger partial charge >= 0.3 is 0 Å². The fourth-order valence-corrected chi connectivity index (χ4v) is 3.74. The average Bonchev–Trinajstić information content (AvgIpc) is 2.78. The van der Waals surface area contributed by atoms with E-state index in [1.54, 1.807) is 24.3 Å². The molecule has 31 heavy (non-hydrogen) atoms. The van der Waals surface area contributed by atoms with Gasteiger partial charge in [-0.25, -0.2) is 8.78 Å². The average molecular weight is 424 g/mol. The lowest BCUT2D eigenvalue weighted by Crippen LogP contribution is -2.43. The molecule has 4 rings (SSSR count). The topological polar surface area (TPSA) is 67.2 Å². The van der Waals surface area contributed by atoms with E-state index in [1.165, 1.54) is 36.4 Å². The molecule has 0 bridgehead atoms. The minimum Gasteiger partial charge on any atom is -0.354 e. The second-order valence-corrected chi connectivity index (χ2v) is 7.55. The predicted octanol–water partition coefficient (Wildman–Crippen LogP) is 3.04. The number of nitrogens with one attached hydrogen (secondary N) is 1. The van der Waals surface area contributed by atoms with E-state index in [-0.39, 0.29) is 29.7 Å². The molecule has 3 aromatic rings. The number of hydrogen-bond acceptors (Lipinski definition) is 4. The van der Waals surface area contributed by atoms with Crippen LogP contribution in [0.25, 0.3) is 5.69 Å². The molecular weight excluding hydrogens is 402 g/mol. The molecule has 2 aromatic carbocycles. The van der Waals surface area contributed by atoms with Crippen molar-refractivity contribution in [3.63, 3.8) is 0 Å². The van der Waals surface area contributed by atoms with E-state index >= 15 is 0 Å². The standard InChI is InChI=1S/C23H22F2N4O2/c24-18-6-1-4-16(12-18)14-26-23(31)17-5-3-11-28(15-17)21-9-10-22(30)29(27-21)20-8-2-7-19(25)13-20/h1-2,4,6-10,12-13,17H,3,5,11,14-15H2,(H,26,31)/t17-/m1/s1. The summed E-state index contributed by atoms with van der Waals surface area (Å²) in [5.74, 6) is -0.600. The molecule has 0 saturated carbocycles. The molecule has 1 aromatic heterocycles. The van der Waals surface area contributed by atoms with Gasteiger partial charge in [0.15, 0.2) is 0 Å². The lowest BCUT2D eigenvalue weighted by molar-refractivity contribution is -0.125. The molecule has 1 N–H and O–H groups in total. The van der Waals surface area contributed by atoms with E-state index in [1.807, 2.05) is 4.90 Å². The van der Waals surface area contributed by atoms with E-state index in [9.17, 15) is 18.4 Å². The van der Waals surface area contributed by atoms with Crippen molar-refractivity contribution in [2.24, 2.45) is 5.92 Å². The van der Waals surface area contributed by atoms with Crippen molar-refractivity contribution in [2.45, 2.75) is 19.4 Å². The molecular formula is C23H22F2N4O2. The third-order valence-corrected chi connectivity index (χ3v) is 5.31. The van der Waals surface area contributed by atoms with Crippen LogP contribution in [0.3, 0.4) is 0 Å². The summed E-state index contributed by atoms with van der Waals surface area (Å²) in [5, 5.41) is 7.27. The van der Waals surface area contributed by atoms with Gasteiger partial charge in [0.25, 0.3) is 5.56 Å². The van der Waals surface area contributed by atoms with Gasteiger partial charge < -0.3 is 10.2 Å². The van der Waals surface area contributed by atoms with Crippen molar-refractivity contribution < 1.29 is 13.6 Å². The first-order chi connectivity index (χ1) is 15.0. The second kappa shape index (κ2) is 9.07. The SMILES string of the molecule is O=C(NCc1cccc(F)c1)[C@@H]1CCCN(c2ccc(=O)n(-c3cccc(F)c3)n2)C1. The van der Waals surface area contributed by atoms with Crippen molar-refractivity contribution in [2.75, 3.05) is 18.0 Å². The van der Waals surface area contributed by atoms with E-state index in [0.29, 0.717) is 30.2 Å². The van der Waals surface area contributed by atoms with Crippen molar-refractivity contribution in [3.8, 4) is 5.69 Å². The molecule has 2 heterocycles. The first kappa shape index (κ1) is 20.7. The van der Waals surface area contributed by atoms with Gasteiger partial charge in [0.1, 0.15) is 17.5 Å². The maximum absolute atomic E-state index is 13.6. The lowest BCUT2D eigenvalue weighted by Gasteiger charge is -2.33. The Labute approximate surface area is 178 Å². The van der Waals surface area contributed by atoms with Gasteiger partial charge in [0.05, 0.1) is 11.6 Å². The fraction of sp³-hybridized carbons (Fsp3) is 0.261. The summed E-state index contributed by atoms with van der Waals surface area (Å²) in [6.07, 6.45) is 1.52. The number of carbonyl (C=O) groups excluding carboxylic acids is 1. The molecule has 1 saturated heterocycles. The Morgan fingerprint density at radius 2 is 1.84 bits per heavy atom. The minimum atomic E-state index is -0.454. The maximum atomic E-state index is 13.6. The first-order valence-corrected chi connectivity index (χ1v) is 10.1. The molecule has 1 fully saturated rings. The highest BCUT2D eigenvalue weighted by molar-refractivity contribution is 5.79. The van der Waals surface area contributed by atoms with E-state index in [2.05, 4.69) is 10.4 Å². The Morgan fingerprint density at radius 1 is 1.06 bits per heavy atom. The summed E-state index contributed by atoms with van der Waals surface area (Å²) >= 11 is 0. The molecule has 1 atom stereocenters. The minimum absolute atomic E-state index is 0.104. The molecule has 1 aliphatic heterocycles. The van der Waals surface area contributed by atoms with Crippen LogP contribution in [0.1, 0.15) is 18.4 Å². The van der Waals surface area contributed by atoms with Gasteiger partial charge in [-0.05, 0) is 54.8 Å². The normalized spacial score (nSPS) is 16.2. The number of benzene rings is 2. The highest BCUT2D eigenvalue weighted by Crippen LogP contribution is 2.22. The number of anilines is 1. The zero-order chi connectivity index (χ0) is 21.8. The molecule has 0 unspecified atom stereocenters. The number of piperidine rings is 1. The van der Waals surface area contributed by atoms with Gasteiger partial charge in [-0.1, -0.05) is 18.2 Å². The maximum Gasteiger partial charge on any atom is 0.271 e. The molecule has 0 spiro atoms. The molecule has 1 amide bonds. The molecule has 160 valence electrons. The Kier molecular flexibility index (Phi) is 6.06. The number of halogens is 2. The monoisotopic (exact) mass is 424 g/mol. The van der Waals surface area contributed by atoms with E-state index in [0.717, 1.165) is 17.5 Å². The fourth-order valence-electron chi connectivity index (χ4n) is 3.74. The zero-order valence-electron chi connectivity index (χ0n) is 16.8. The van der Waals surface area contributed by atoms with Crippen LogP contribution in [-0.4, -0.2) is 28.8 Å². The van der Waals surface area contributed by atoms with Crippen molar-refractivity contribution in [1.82, 2.24) is 15.1 Å². The number of hydrogen-bond donors (Lipinski definition) is 1. The van der Waals surface area contributed by atoms with Crippen LogP contribution in [0, 0.1) is 17.6 Å². The van der Waals surface area contributed by atoms with Gasteiger partial charge in [-0.2, -0.15) is 4.68 Å². The predicted molar refractivity (Wildman–Crippen MR) is 113 cm³/mol. The number of nitrogens with zero attached hydrogens (tertiary/aromatic N) is 3. The summed E-state index contributed by atoms with van der Waals surface area (Å²) in [6, 6.07) is 14.8. The summed E-state index contributed by atoms with van der Waals surface area (Å²) in [7, 11) is 0. The smallest absolute Gasteiger partial charge is 0.271 e. The molecule has 1 aliphatic rings. The Morgan fingerprint density at radius 3 is 2.61 bits per heavy atom. The molecule has 0 aliphatic carbocycles. The second-order valence-electron chi connectivity index (χ2n) is 7.55. The van der Waals surface area contributed by atoms with Crippen LogP contribution < -0.4 is 15.8 Å². The quantitative estimate of drug-likeness (QED) is 0.684. The molecule has 8 heteroatoms. The Balaban J connectivity index is 1.46. The summed E-state index contributed by atoms with van der Waals surface area (Å²) in [6.45, 7) is 1.40. The first-order valence-electron chi connectivity index (χ1n) is 10.1. The van der Waals surface area contributed by atoms with E-state index < -0.39 is 5.82 Å². The largest absolute Gasteiger partial charge is 0.354 e. The van der Waals surface area contributed by atoms with Crippen LogP contribution in [-0.2, 0) is 11.3 Å². The van der Waals surface area contributed by atoms with E-state index in [4.69, 9.17) is 0 Å². The van der Waals surface area contributed by atoms with Gasteiger partial charge in [0, 0.05) is 25.7 Å². The van der Waals surface area contributed by atoms with Gasteiger partial charge in [-0.3, -0.25) is 9.59 Å². The van der Waals surface area contributed by atoms with Crippen LogP contribution in [0.2, 0.25) is 0 Å². The highest BCUT2D eigenvalue weighted by atomic mass is 19.1. The summed E-state index contributed by atoms with van der Waals surface area (Å²) < 4.78 is 28.1. The number of amides is 1. The number of rotatable bonds is 5. The van der Waals surface area contributed by atoms with Gasteiger partial charge in [-0.15, -0.1) is 5.10 Å². The highest BCUT2D eigenvalue weighted by Gasteiger charge is 2.27. The third-order valence-electron chi connectivity index (χ3n) is 5.31. The Hall–Kier alpha value is -3.55. The van der Waals surface area contributed by atoms with Crippen molar-refractivity contribution in [1.29, 1.82) is 0 Å². The third kappa shape index (κ3) is 4.96. The summed E-state index contributed by atoms with van der Waals surface area (Å²) in [5.41, 5.74) is 0.675. The van der Waals surface area contributed by atoms with Crippen molar-refractivity contribution >= 4 is 11.7 Å². The number of aromatic nitrogens is 2. The molecule has 6 nitrogen and oxygen atoms in total. The molecule has 0 radical (unpaired) electrons. The van der Waals surface area contributed by atoms with Crippen LogP contribution in [0.15, 0.2) is 65.5 Å². The van der Waals surface area contributed by atoms with Crippen molar-refractivity contribution in [3.05, 3.63) is 88.2 Å². The summed E-state index contributed by atoms with van der Waals surface area (Å²) in [4.78, 5) is 26.9. The zero-order valence-corrected chi connectivity index (χ0v) is 16.8. The van der Waals surface area contributed by atoms with Crippen LogP contribution >= 0.6 is 0 Å². The Bertz CT molecular complexity index is 1150.